The minimum atomic E-state index is -0.344. The maximum absolute atomic E-state index is 11.5. The molecule has 3 nitrogen and oxygen atoms in total. The molecule has 1 atom stereocenters. The average molecular weight is 218 g/mol. The largest absolute Gasteiger partial charge is 0.352 e. The highest BCUT2D eigenvalue weighted by Gasteiger charge is 2.15. The van der Waals surface area contributed by atoms with Crippen molar-refractivity contribution in [3.8, 4) is 0 Å². The number of thioether (sulfide) groups is 1. The summed E-state index contributed by atoms with van der Waals surface area (Å²) in [7, 11) is 0. The van der Waals surface area contributed by atoms with E-state index in [4.69, 9.17) is 5.73 Å². The molecular weight excluding hydrogens is 196 g/mol. The maximum Gasteiger partial charge on any atom is 0.237 e. The Hall–Kier alpha value is -0.220. The van der Waals surface area contributed by atoms with E-state index in [-0.39, 0.29) is 18.0 Å². The molecule has 0 saturated carbocycles. The molecule has 1 amide bonds. The van der Waals surface area contributed by atoms with Crippen LogP contribution in [0.15, 0.2) is 0 Å². The molecule has 0 heterocycles. The third-order valence-electron chi connectivity index (χ3n) is 2.30. The number of hydrogen-bond acceptors (Lipinski definition) is 3. The average Bonchev–Trinajstić information content (AvgIpc) is 2.21. The number of carbonyl (C=O) groups is 1. The molecule has 14 heavy (non-hydrogen) atoms. The third kappa shape index (κ3) is 5.50. The fraction of sp³-hybridized carbons (Fsp3) is 0.900. The number of carbonyl (C=O) groups excluding carboxylic acids is 1. The molecule has 84 valence electrons. The summed E-state index contributed by atoms with van der Waals surface area (Å²) in [6, 6.07) is -0.0640. The van der Waals surface area contributed by atoms with Crippen LogP contribution in [0.25, 0.3) is 0 Å². The minimum absolute atomic E-state index is 0.00671. The molecule has 0 saturated heterocycles. The van der Waals surface area contributed by atoms with Crippen molar-refractivity contribution in [2.75, 3.05) is 12.0 Å². The van der Waals surface area contributed by atoms with Crippen LogP contribution in [0.1, 0.15) is 33.1 Å². The molecule has 0 aliphatic rings. The summed E-state index contributed by atoms with van der Waals surface area (Å²) in [6.45, 7) is 4.14. The van der Waals surface area contributed by atoms with Crippen molar-refractivity contribution < 1.29 is 4.79 Å². The Labute approximate surface area is 91.2 Å². The second-order valence-corrected chi connectivity index (χ2v) is 4.40. The maximum atomic E-state index is 11.5. The molecule has 3 N–H and O–H groups in total. The molecule has 0 spiro atoms. The fourth-order valence-corrected chi connectivity index (χ4v) is 1.67. The van der Waals surface area contributed by atoms with Crippen LogP contribution in [0.4, 0.5) is 0 Å². The van der Waals surface area contributed by atoms with Gasteiger partial charge in [0.05, 0.1) is 6.04 Å². The van der Waals surface area contributed by atoms with Crippen LogP contribution in [0.2, 0.25) is 0 Å². The van der Waals surface area contributed by atoms with Gasteiger partial charge in [-0.15, -0.1) is 0 Å². The molecule has 0 bridgehead atoms. The lowest BCUT2D eigenvalue weighted by Gasteiger charge is -2.18. The van der Waals surface area contributed by atoms with E-state index in [0.717, 1.165) is 25.0 Å². The van der Waals surface area contributed by atoms with Gasteiger partial charge < -0.3 is 11.1 Å². The molecule has 0 aromatic heterocycles. The molecule has 0 aromatic carbocycles. The number of hydrogen-bond donors (Lipinski definition) is 2. The van der Waals surface area contributed by atoms with E-state index in [2.05, 4.69) is 19.2 Å². The van der Waals surface area contributed by atoms with Gasteiger partial charge in [0.1, 0.15) is 0 Å². The zero-order chi connectivity index (χ0) is 11.0. The second kappa shape index (κ2) is 8.12. The van der Waals surface area contributed by atoms with Crippen LogP contribution in [-0.2, 0) is 4.79 Å². The number of nitrogens with one attached hydrogen (secondary N) is 1. The predicted octanol–water partition coefficient (Wildman–Crippen LogP) is 1.37. The summed E-state index contributed by atoms with van der Waals surface area (Å²) >= 11 is 1.72. The van der Waals surface area contributed by atoms with Crippen molar-refractivity contribution in [2.24, 2.45) is 5.73 Å². The summed E-state index contributed by atoms with van der Waals surface area (Å²) in [5, 5.41) is 2.95. The highest BCUT2D eigenvalue weighted by Crippen LogP contribution is 2.01. The van der Waals surface area contributed by atoms with Gasteiger partial charge in [0, 0.05) is 6.04 Å². The van der Waals surface area contributed by atoms with Gasteiger partial charge in [0.2, 0.25) is 5.91 Å². The Morgan fingerprint density at radius 2 is 2.00 bits per heavy atom. The van der Waals surface area contributed by atoms with Crippen LogP contribution in [0.5, 0.6) is 0 Å². The van der Waals surface area contributed by atoms with Crippen LogP contribution in [0.3, 0.4) is 0 Å². The summed E-state index contributed by atoms with van der Waals surface area (Å²) in [5.74, 6) is 0.935. The highest BCUT2D eigenvalue weighted by molar-refractivity contribution is 7.98. The highest BCUT2D eigenvalue weighted by atomic mass is 32.2. The van der Waals surface area contributed by atoms with E-state index in [1.54, 1.807) is 11.8 Å². The first kappa shape index (κ1) is 13.8. The molecule has 4 heteroatoms. The van der Waals surface area contributed by atoms with Crippen LogP contribution >= 0.6 is 11.8 Å². The van der Waals surface area contributed by atoms with Crippen LogP contribution in [0, 0.1) is 0 Å². The fourth-order valence-electron chi connectivity index (χ4n) is 1.18. The van der Waals surface area contributed by atoms with Gasteiger partial charge in [-0.2, -0.15) is 11.8 Å². The molecule has 1 unspecified atom stereocenters. The lowest BCUT2D eigenvalue weighted by atomic mass is 10.1. The van der Waals surface area contributed by atoms with Gasteiger partial charge in [-0.25, -0.2) is 0 Å². The zero-order valence-electron chi connectivity index (χ0n) is 9.38. The summed E-state index contributed by atoms with van der Waals surface area (Å²) < 4.78 is 0. The zero-order valence-corrected chi connectivity index (χ0v) is 10.2. The number of rotatable bonds is 7. The normalized spacial score (nSPS) is 12.9. The first-order valence-electron chi connectivity index (χ1n) is 5.20. The number of amides is 1. The van der Waals surface area contributed by atoms with E-state index >= 15 is 0 Å². The van der Waals surface area contributed by atoms with Crippen molar-refractivity contribution in [2.45, 2.75) is 45.2 Å². The van der Waals surface area contributed by atoms with Crippen LogP contribution in [-0.4, -0.2) is 30.0 Å². The Bertz CT molecular complexity index is 160. The van der Waals surface area contributed by atoms with E-state index in [9.17, 15) is 4.79 Å². The van der Waals surface area contributed by atoms with Crippen molar-refractivity contribution in [3.05, 3.63) is 0 Å². The van der Waals surface area contributed by atoms with Crippen molar-refractivity contribution in [3.63, 3.8) is 0 Å². The van der Waals surface area contributed by atoms with E-state index in [0.29, 0.717) is 0 Å². The minimum Gasteiger partial charge on any atom is -0.352 e. The van der Waals surface area contributed by atoms with Gasteiger partial charge in [0.15, 0.2) is 0 Å². The molecular formula is C10H22N2OS. The summed E-state index contributed by atoms with van der Waals surface area (Å²) in [5.41, 5.74) is 5.74. The number of nitrogens with two attached hydrogens (primary N) is 1. The molecule has 0 aliphatic heterocycles. The van der Waals surface area contributed by atoms with Gasteiger partial charge in [-0.1, -0.05) is 13.8 Å². The van der Waals surface area contributed by atoms with Crippen molar-refractivity contribution >= 4 is 17.7 Å². The lowest BCUT2D eigenvalue weighted by Crippen LogP contribution is -2.45. The van der Waals surface area contributed by atoms with Gasteiger partial charge in [0.25, 0.3) is 0 Å². The van der Waals surface area contributed by atoms with E-state index in [1.165, 1.54) is 0 Å². The van der Waals surface area contributed by atoms with E-state index < -0.39 is 0 Å². The molecule has 0 aromatic rings. The monoisotopic (exact) mass is 218 g/mol. The molecule has 0 fully saturated rings. The Balaban J connectivity index is 3.81. The molecule has 0 radical (unpaired) electrons. The van der Waals surface area contributed by atoms with Crippen LogP contribution < -0.4 is 11.1 Å². The Kier molecular flexibility index (Phi) is 7.99. The quantitative estimate of drug-likeness (QED) is 0.678. The lowest BCUT2D eigenvalue weighted by molar-refractivity contribution is -0.123. The summed E-state index contributed by atoms with van der Waals surface area (Å²) in [6.07, 6.45) is 4.72. The Morgan fingerprint density at radius 3 is 2.43 bits per heavy atom. The topological polar surface area (TPSA) is 55.1 Å². The molecule has 0 rings (SSSR count). The van der Waals surface area contributed by atoms with Gasteiger partial charge >= 0.3 is 0 Å². The van der Waals surface area contributed by atoms with E-state index in [1.807, 2.05) is 6.26 Å². The van der Waals surface area contributed by atoms with Crippen molar-refractivity contribution in [1.82, 2.24) is 5.32 Å². The summed E-state index contributed by atoms with van der Waals surface area (Å²) in [4.78, 5) is 11.5. The first-order chi connectivity index (χ1) is 6.65. The van der Waals surface area contributed by atoms with Gasteiger partial charge in [-0.05, 0) is 31.3 Å². The third-order valence-corrected chi connectivity index (χ3v) is 2.95. The van der Waals surface area contributed by atoms with Gasteiger partial charge in [-0.3, -0.25) is 4.79 Å². The smallest absolute Gasteiger partial charge is 0.237 e. The Morgan fingerprint density at radius 1 is 1.43 bits per heavy atom. The second-order valence-electron chi connectivity index (χ2n) is 3.41. The SMILES string of the molecule is CCC(CC)NC(=O)C(N)CCSC. The molecule has 0 aliphatic carbocycles. The first-order valence-corrected chi connectivity index (χ1v) is 6.59. The standard InChI is InChI=1S/C10H22N2OS/c1-4-8(5-2)12-10(13)9(11)6-7-14-3/h8-9H,4-7,11H2,1-3H3,(H,12,13). The van der Waals surface area contributed by atoms with Crippen molar-refractivity contribution in [1.29, 1.82) is 0 Å². The predicted molar refractivity (Wildman–Crippen MR) is 63.5 cm³/mol.